The van der Waals surface area contributed by atoms with Gasteiger partial charge in [0.1, 0.15) is 5.82 Å². The van der Waals surface area contributed by atoms with Crippen molar-refractivity contribution in [2.75, 3.05) is 13.2 Å². The van der Waals surface area contributed by atoms with Crippen LogP contribution in [-0.2, 0) is 0 Å². The molecule has 3 heteroatoms. The highest BCUT2D eigenvalue weighted by Crippen LogP contribution is 2.36. The third kappa shape index (κ3) is 5.78. The van der Waals surface area contributed by atoms with E-state index >= 15 is 0 Å². The number of halogens is 1. The first kappa shape index (κ1) is 19.4. The van der Waals surface area contributed by atoms with E-state index < -0.39 is 0 Å². The van der Waals surface area contributed by atoms with Gasteiger partial charge in [-0.15, -0.1) is 5.92 Å². The Labute approximate surface area is 140 Å². The average Bonchev–Trinajstić information content (AvgIpc) is 2.56. The van der Waals surface area contributed by atoms with E-state index in [2.05, 4.69) is 11.8 Å². The summed E-state index contributed by atoms with van der Waals surface area (Å²) in [6, 6.07) is 3.23. The first-order valence-corrected chi connectivity index (χ1v) is 8.62. The van der Waals surface area contributed by atoms with E-state index in [1.54, 1.807) is 6.07 Å². The van der Waals surface area contributed by atoms with E-state index in [-0.39, 0.29) is 17.7 Å². The molecule has 2 atom stereocenters. The Hall–Kier alpha value is -1.69. The molecule has 0 N–H and O–H groups in total. The average molecular weight is 320 g/mol. The molecular formula is C20H29FO2. The molecule has 0 aliphatic rings. The topological polar surface area (TPSA) is 18.5 Å². The molecule has 0 amide bonds. The van der Waals surface area contributed by atoms with Gasteiger partial charge in [0.25, 0.3) is 0 Å². The molecule has 1 rings (SSSR count). The molecule has 0 saturated heterocycles. The van der Waals surface area contributed by atoms with Crippen molar-refractivity contribution in [2.45, 2.75) is 59.8 Å². The molecule has 0 heterocycles. The largest absolute Gasteiger partial charge is 0.490 e. The molecule has 0 spiro atoms. The molecule has 0 aliphatic heterocycles. The summed E-state index contributed by atoms with van der Waals surface area (Å²) in [5.74, 6) is 7.20. The monoisotopic (exact) mass is 320 g/mol. The molecule has 0 bridgehead atoms. The first-order chi connectivity index (χ1) is 11.0. The lowest BCUT2D eigenvalue weighted by Crippen LogP contribution is -2.09. The van der Waals surface area contributed by atoms with Crippen molar-refractivity contribution in [3.8, 4) is 23.3 Å². The highest BCUT2D eigenvalue weighted by Gasteiger charge is 2.20. The molecule has 0 radical (unpaired) electrons. The summed E-state index contributed by atoms with van der Waals surface area (Å²) >= 11 is 0. The Kier molecular flexibility index (Phi) is 8.55. The number of rotatable bonds is 8. The van der Waals surface area contributed by atoms with Gasteiger partial charge in [-0.05, 0) is 30.4 Å². The first-order valence-electron chi connectivity index (χ1n) is 8.62. The fourth-order valence-electron chi connectivity index (χ4n) is 2.21. The second kappa shape index (κ2) is 10.2. The van der Waals surface area contributed by atoms with E-state index in [1.807, 2.05) is 34.6 Å². The van der Waals surface area contributed by atoms with E-state index in [4.69, 9.17) is 9.47 Å². The minimum Gasteiger partial charge on any atom is -0.490 e. The zero-order valence-electron chi connectivity index (χ0n) is 15.0. The van der Waals surface area contributed by atoms with Gasteiger partial charge in [-0.25, -0.2) is 4.39 Å². The van der Waals surface area contributed by atoms with E-state index in [0.29, 0.717) is 30.3 Å². The molecule has 0 aliphatic carbocycles. The molecular weight excluding hydrogens is 291 g/mol. The van der Waals surface area contributed by atoms with Crippen LogP contribution in [0.3, 0.4) is 0 Å². The maximum Gasteiger partial charge on any atom is 0.164 e. The Bertz CT molecular complexity index is 543. The molecule has 1 aromatic carbocycles. The van der Waals surface area contributed by atoms with Crippen LogP contribution in [0.15, 0.2) is 12.1 Å². The number of ether oxygens (including phenoxy) is 2. The maximum absolute atomic E-state index is 14.5. The van der Waals surface area contributed by atoms with Crippen LogP contribution >= 0.6 is 0 Å². The summed E-state index contributed by atoms with van der Waals surface area (Å²) in [6.45, 7) is 11.3. The van der Waals surface area contributed by atoms with Gasteiger partial charge in [-0.1, -0.05) is 40.5 Å². The minimum atomic E-state index is -0.252. The van der Waals surface area contributed by atoms with Gasteiger partial charge < -0.3 is 9.47 Å². The van der Waals surface area contributed by atoms with Crippen LogP contribution in [0.25, 0.3) is 0 Å². The number of benzene rings is 1. The van der Waals surface area contributed by atoms with Crippen molar-refractivity contribution in [3.05, 3.63) is 23.5 Å². The molecule has 1 aromatic rings. The zero-order valence-corrected chi connectivity index (χ0v) is 15.0. The Morgan fingerprint density at radius 1 is 1.00 bits per heavy atom. The van der Waals surface area contributed by atoms with Crippen LogP contribution < -0.4 is 9.47 Å². The van der Waals surface area contributed by atoms with E-state index in [0.717, 1.165) is 19.3 Å². The lowest BCUT2D eigenvalue weighted by Gasteiger charge is -2.19. The van der Waals surface area contributed by atoms with Crippen LogP contribution in [0, 0.1) is 23.6 Å². The summed E-state index contributed by atoms with van der Waals surface area (Å²) < 4.78 is 25.9. The number of hydrogen-bond acceptors (Lipinski definition) is 2. The summed E-state index contributed by atoms with van der Waals surface area (Å²) in [5, 5.41) is 0. The smallest absolute Gasteiger partial charge is 0.164 e. The molecule has 23 heavy (non-hydrogen) atoms. The highest BCUT2D eigenvalue weighted by molar-refractivity contribution is 5.45. The molecule has 0 aromatic heterocycles. The highest BCUT2D eigenvalue weighted by atomic mass is 19.1. The summed E-state index contributed by atoms with van der Waals surface area (Å²) in [6.07, 6.45) is 2.58. The van der Waals surface area contributed by atoms with Crippen molar-refractivity contribution < 1.29 is 13.9 Å². The molecule has 2 unspecified atom stereocenters. The summed E-state index contributed by atoms with van der Waals surface area (Å²) in [4.78, 5) is 0. The van der Waals surface area contributed by atoms with Gasteiger partial charge in [0.2, 0.25) is 0 Å². The van der Waals surface area contributed by atoms with Crippen molar-refractivity contribution in [1.29, 1.82) is 0 Å². The fraction of sp³-hybridized carbons (Fsp3) is 0.600. The van der Waals surface area contributed by atoms with Crippen LogP contribution in [0.2, 0.25) is 0 Å². The number of hydrogen-bond donors (Lipinski definition) is 0. The fourth-order valence-corrected chi connectivity index (χ4v) is 2.21. The zero-order chi connectivity index (χ0) is 17.2. The predicted molar refractivity (Wildman–Crippen MR) is 93.6 cm³/mol. The maximum atomic E-state index is 14.5. The Balaban J connectivity index is 3.11. The third-order valence-corrected chi connectivity index (χ3v) is 3.73. The van der Waals surface area contributed by atoms with Crippen LogP contribution in [-0.4, -0.2) is 13.2 Å². The van der Waals surface area contributed by atoms with Gasteiger partial charge in [-0.3, -0.25) is 0 Å². The van der Waals surface area contributed by atoms with Crippen LogP contribution in [0.5, 0.6) is 11.5 Å². The standard InChI is InChI=1S/C20H29FO2/c1-6-9-10-15(4)16(5)17-13-19(22-11-7-2)20(14-18(17)21)23-12-8-3/h13-16H,6-8,11-12H2,1-5H3. The normalized spacial score (nSPS) is 13.0. The van der Waals surface area contributed by atoms with Crippen LogP contribution in [0.4, 0.5) is 4.39 Å². The lowest BCUT2D eigenvalue weighted by molar-refractivity contribution is 0.266. The second-order valence-electron chi connectivity index (χ2n) is 5.77. The lowest BCUT2D eigenvalue weighted by atomic mass is 9.88. The Morgan fingerprint density at radius 2 is 1.57 bits per heavy atom. The van der Waals surface area contributed by atoms with Crippen molar-refractivity contribution >= 4 is 0 Å². The van der Waals surface area contributed by atoms with Gasteiger partial charge >= 0.3 is 0 Å². The quantitative estimate of drug-likeness (QED) is 0.584. The van der Waals surface area contributed by atoms with Gasteiger partial charge in [0, 0.05) is 18.4 Å². The molecule has 0 saturated carbocycles. The van der Waals surface area contributed by atoms with E-state index in [9.17, 15) is 4.39 Å². The van der Waals surface area contributed by atoms with Gasteiger partial charge in [-0.2, -0.15) is 0 Å². The van der Waals surface area contributed by atoms with Gasteiger partial charge in [0.15, 0.2) is 11.5 Å². The van der Waals surface area contributed by atoms with Crippen molar-refractivity contribution in [3.63, 3.8) is 0 Å². The SMILES string of the molecule is CCC#CC(C)C(C)c1cc(OCCC)c(OCCC)cc1F. The van der Waals surface area contributed by atoms with Crippen LogP contribution in [0.1, 0.15) is 65.4 Å². The van der Waals surface area contributed by atoms with Crippen molar-refractivity contribution in [1.82, 2.24) is 0 Å². The Morgan fingerprint density at radius 3 is 2.09 bits per heavy atom. The molecule has 2 nitrogen and oxygen atoms in total. The predicted octanol–water partition coefficient (Wildman–Crippen LogP) is 5.56. The third-order valence-electron chi connectivity index (χ3n) is 3.73. The molecule has 128 valence electrons. The molecule has 0 fully saturated rings. The second-order valence-corrected chi connectivity index (χ2v) is 5.77. The minimum absolute atomic E-state index is 0.00162. The summed E-state index contributed by atoms with van der Waals surface area (Å²) in [7, 11) is 0. The van der Waals surface area contributed by atoms with Crippen molar-refractivity contribution in [2.24, 2.45) is 5.92 Å². The summed E-state index contributed by atoms with van der Waals surface area (Å²) in [5.41, 5.74) is 0.637. The van der Waals surface area contributed by atoms with Gasteiger partial charge in [0.05, 0.1) is 13.2 Å². The van der Waals surface area contributed by atoms with E-state index in [1.165, 1.54) is 6.07 Å².